The Morgan fingerprint density at radius 3 is 1.95 bits per heavy atom. The third-order valence-electron chi connectivity index (χ3n) is 12.5. The van der Waals surface area contributed by atoms with Crippen LogP contribution in [0.3, 0.4) is 0 Å². The van der Waals surface area contributed by atoms with Crippen LogP contribution in [0.25, 0.3) is 86.3 Å². The number of fused-ring (bicyclic) bond motifs is 11. The number of nitrogens with zero attached hydrogens (tertiary/aromatic N) is 1. The van der Waals surface area contributed by atoms with E-state index in [4.69, 9.17) is 4.42 Å². The predicted octanol–water partition coefficient (Wildman–Crippen LogP) is 16.2. The molecule has 0 saturated carbocycles. The first kappa shape index (κ1) is 33.2. The van der Waals surface area contributed by atoms with E-state index in [-0.39, 0.29) is 5.41 Å². The molecular formula is C55H37NOS. The number of anilines is 3. The highest BCUT2D eigenvalue weighted by molar-refractivity contribution is 7.25. The molecule has 274 valence electrons. The second-order valence-corrected chi connectivity index (χ2v) is 17.1. The van der Waals surface area contributed by atoms with Gasteiger partial charge >= 0.3 is 0 Å². The van der Waals surface area contributed by atoms with Crippen LogP contribution in [-0.2, 0) is 5.41 Å². The molecule has 12 rings (SSSR count). The number of furan rings is 1. The molecule has 0 amide bonds. The highest BCUT2D eigenvalue weighted by atomic mass is 32.1. The van der Waals surface area contributed by atoms with Crippen molar-refractivity contribution < 1.29 is 4.42 Å². The van der Waals surface area contributed by atoms with Gasteiger partial charge in [-0.05, 0) is 93.0 Å². The van der Waals surface area contributed by atoms with E-state index in [1.54, 1.807) is 0 Å². The smallest absolute Gasteiger partial charge is 0.143 e. The van der Waals surface area contributed by atoms with Crippen molar-refractivity contribution in [2.24, 2.45) is 0 Å². The zero-order chi connectivity index (χ0) is 38.5. The highest BCUT2D eigenvalue weighted by Gasteiger charge is 2.36. The van der Waals surface area contributed by atoms with E-state index in [0.29, 0.717) is 0 Å². The maximum atomic E-state index is 6.88. The molecule has 0 atom stereocenters. The third-order valence-corrected chi connectivity index (χ3v) is 13.6. The number of benzene rings is 9. The number of hydrogen-bond donors (Lipinski definition) is 0. The topological polar surface area (TPSA) is 16.4 Å². The van der Waals surface area contributed by atoms with E-state index in [0.717, 1.165) is 49.8 Å². The second kappa shape index (κ2) is 12.5. The average Bonchev–Trinajstić information content (AvgIpc) is 3.92. The Labute approximate surface area is 340 Å². The Bertz CT molecular complexity index is 3420. The van der Waals surface area contributed by atoms with Crippen molar-refractivity contribution in [2.75, 3.05) is 4.90 Å². The van der Waals surface area contributed by atoms with Crippen LogP contribution in [-0.4, -0.2) is 0 Å². The molecule has 2 aromatic heterocycles. The first-order valence-corrected chi connectivity index (χ1v) is 20.8. The van der Waals surface area contributed by atoms with Gasteiger partial charge in [0.05, 0.1) is 5.69 Å². The van der Waals surface area contributed by atoms with Crippen molar-refractivity contribution >= 4 is 81.3 Å². The number of rotatable bonds is 5. The molecule has 0 N–H and O–H groups in total. The zero-order valence-corrected chi connectivity index (χ0v) is 33.0. The molecule has 58 heavy (non-hydrogen) atoms. The van der Waals surface area contributed by atoms with Gasteiger partial charge in [-0.1, -0.05) is 153 Å². The Morgan fingerprint density at radius 2 is 1.09 bits per heavy atom. The van der Waals surface area contributed by atoms with E-state index in [2.05, 4.69) is 207 Å². The SMILES string of the molecule is CC1(C)c2ccccc2-c2ccc(N(c3ccc(-c4ccccc4)cc3)c3cc4c(oc5cccc(-c6ccc7c(c6)sc6ccccc67)c54)c4ccccc34)cc21. The first-order chi connectivity index (χ1) is 28.5. The minimum absolute atomic E-state index is 0.137. The lowest BCUT2D eigenvalue weighted by Crippen LogP contribution is -2.16. The molecular weight excluding hydrogens is 723 g/mol. The molecule has 0 bridgehead atoms. The molecule has 1 aliphatic carbocycles. The van der Waals surface area contributed by atoms with Crippen LogP contribution in [0.4, 0.5) is 17.1 Å². The Balaban J connectivity index is 1.11. The van der Waals surface area contributed by atoms with Gasteiger partial charge in [0, 0.05) is 58.5 Å². The van der Waals surface area contributed by atoms with Gasteiger partial charge in [0.15, 0.2) is 0 Å². The molecule has 3 heteroatoms. The molecule has 2 heterocycles. The van der Waals surface area contributed by atoms with E-state index in [1.807, 2.05) is 11.3 Å². The van der Waals surface area contributed by atoms with Crippen LogP contribution in [0.15, 0.2) is 192 Å². The van der Waals surface area contributed by atoms with Crippen molar-refractivity contribution in [2.45, 2.75) is 19.3 Å². The van der Waals surface area contributed by atoms with Gasteiger partial charge in [-0.2, -0.15) is 0 Å². The summed E-state index contributed by atoms with van der Waals surface area (Å²) in [5.74, 6) is 0. The fraction of sp³-hybridized carbons (Fsp3) is 0.0545. The molecule has 0 unspecified atom stereocenters. The molecule has 0 aliphatic heterocycles. The van der Waals surface area contributed by atoms with Gasteiger partial charge in [-0.25, -0.2) is 0 Å². The minimum Gasteiger partial charge on any atom is -0.455 e. The monoisotopic (exact) mass is 759 g/mol. The quantitative estimate of drug-likeness (QED) is 0.174. The summed E-state index contributed by atoms with van der Waals surface area (Å²) in [6.45, 7) is 4.72. The lowest BCUT2D eigenvalue weighted by molar-refractivity contribution is 0.660. The summed E-state index contributed by atoms with van der Waals surface area (Å²) in [7, 11) is 0. The van der Waals surface area contributed by atoms with E-state index in [9.17, 15) is 0 Å². The van der Waals surface area contributed by atoms with Crippen molar-refractivity contribution in [3.05, 3.63) is 199 Å². The summed E-state index contributed by atoms with van der Waals surface area (Å²) in [4.78, 5) is 2.46. The summed E-state index contributed by atoms with van der Waals surface area (Å²) >= 11 is 1.86. The molecule has 11 aromatic rings. The van der Waals surface area contributed by atoms with Gasteiger partial charge in [-0.3, -0.25) is 0 Å². The van der Waals surface area contributed by atoms with Crippen LogP contribution >= 0.6 is 11.3 Å². The average molecular weight is 760 g/mol. The van der Waals surface area contributed by atoms with Gasteiger partial charge in [0.25, 0.3) is 0 Å². The summed E-state index contributed by atoms with van der Waals surface area (Å²) < 4.78 is 9.49. The van der Waals surface area contributed by atoms with E-state index < -0.39 is 0 Å². The van der Waals surface area contributed by atoms with Gasteiger partial charge in [0.1, 0.15) is 11.2 Å². The lowest BCUT2D eigenvalue weighted by atomic mass is 9.82. The number of hydrogen-bond acceptors (Lipinski definition) is 3. The van der Waals surface area contributed by atoms with Gasteiger partial charge < -0.3 is 9.32 Å². The van der Waals surface area contributed by atoms with Crippen LogP contribution in [0, 0.1) is 0 Å². The molecule has 0 fully saturated rings. The molecule has 0 spiro atoms. The molecule has 9 aromatic carbocycles. The van der Waals surface area contributed by atoms with Crippen molar-refractivity contribution in [1.82, 2.24) is 0 Å². The van der Waals surface area contributed by atoms with E-state index >= 15 is 0 Å². The Kier molecular flexibility index (Phi) is 7.18. The summed E-state index contributed by atoms with van der Waals surface area (Å²) in [6.07, 6.45) is 0. The predicted molar refractivity (Wildman–Crippen MR) is 247 cm³/mol. The Morgan fingerprint density at radius 1 is 0.431 bits per heavy atom. The van der Waals surface area contributed by atoms with Crippen LogP contribution in [0.5, 0.6) is 0 Å². The molecule has 1 aliphatic rings. The zero-order valence-electron chi connectivity index (χ0n) is 32.2. The maximum absolute atomic E-state index is 6.88. The van der Waals surface area contributed by atoms with Crippen LogP contribution in [0.1, 0.15) is 25.0 Å². The van der Waals surface area contributed by atoms with Crippen LogP contribution < -0.4 is 4.90 Å². The third kappa shape index (κ3) is 4.90. The summed E-state index contributed by atoms with van der Waals surface area (Å²) in [5.41, 5.74) is 15.1. The van der Waals surface area contributed by atoms with Gasteiger partial charge in [-0.15, -0.1) is 11.3 Å². The standard InChI is InChI=1S/C55H37NOS/c1-55(2)47-20-10-8-15-40(47)41-30-28-38(32-48(41)55)56(37-26-23-35(24-27-37)34-13-4-3-5-14-34)49-33-46-53-39(19-12-21-50(53)57-54(46)45-18-7-6-16-42(45)49)36-25-29-44-43-17-9-11-22-51(43)58-52(44)31-36/h3-33H,1-2H3. The number of thiophene rings is 1. The molecule has 0 saturated heterocycles. The second-order valence-electron chi connectivity index (χ2n) is 16.1. The van der Waals surface area contributed by atoms with Crippen LogP contribution in [0.2, 0.25) is 0 Å². The maximum Gasteiger partial charge on any atom is 0.143 e. The van der Waals surface area contributed by atoms with Crippen molar-refractivity contribution in [3.8, 4) is 33.4 Å². The first-order valence-electron chi connectivity index (χ1n) is 20.0. The highest BCUT2D eigenvalue weighted by Crippen LogP contribution is 2.52. The lowest BCUT2D eigenvalue weighted by Gasteiger charge is -2.29. The van der Waals surface area contributed by atoms with Gasteiger partial charge in [0.2, 0.25) is 0 Å². The van der Waals surface area contributed by atoms with Crippen molar-refractivity contribution in [3.63, 3.8) is 0 Å². The molecule has 2 nitrogen and oxygen atoms in total. The summed E-state index contributed by atoms with van der Waals surface area (Å²) in [5, 5.41) is 7.09. The fourth-order valence-electron chi connectivity index (χ4n) is 9.64. The normalized spacial score (nSPS) is 13.1. The Hall–Kier alpha value is -6.94. The largest absolute Gasteiger partial charge is 0.455 e. The summed E-state index contributed by atoms with van der Waals surface area (Å²) in [6, 6.07) is 68.9. The van der Waals surface area contributed by atoms with E-state index in [1.165, 1.54) is 64.7 Å². The molecule has 0 radical (unpaired) electrons. The minimum atomic E-state index is -0.137. The fourth-order valence-corrected chi connectivity index (χ4v) is 10.8. The van der Waals surface area contributed by atoms with Crippen molar-refractivity contribution in [1.29, 1.82) is 0 Å².